The fourth-order valence-electron chi connectivity index (χ4n) is 3.89. The zero-order chi connectivity index (χ0) is 21.3. The third kappa shape index (κ3) is 4.29. The number of ketones is 1. The number of carbonyl (C=O) groups is 2. The van der Waals surface area contributed by atoms with Crippen molar-refractivity contribution in [3.05, 3.63) is 75.6 Å². The van der Waals surface area contributed by atoms with Gasteiger partial charge in [0.05, 0.1) is 11.5 Å². The number of rotatable bonds is 4. The maximum atomic E-state index is 13.0. The Morgan fingerprint density at radius 3 is 2.73 bits per heavy atom. The molecule has 6 heteroatoms. The zero-order valence-electron chi connectivity index (χ0n) is 16.9. The number of halogens is 1. The molecule has 1 saturated carbocycles. The lowest BCUT2D eigenvalue weighted by molar-refractivity contribution is -0.132. The van der Waals surface area contributed by atoms with Crippen LogP contribution in [0.1, 0.15) is 40.7 Å². The molecule has 156 valence electrons. The molecule has 2 aromatic rings. The molecule has 1 heterocycles. The van der Waals surface area contributed by atoms with Crippen LogP contribution in [-0.2, 0) is 14.3 Å². The summed E-state index contributed by atoms with van der Waals surface area (Å²) in [6.07, 6.45) is 2.50. The summed E-state index contributed by atoms with van der Waals surface area (Å²) < 4.78 is 18.1. The summed E-state index contributed by atoms with van der Waals surface area (Å²) >= 11 is 3.38. The second-order valence-corrected chi connectivity index (χ2v) is 8.67. The summed E-state index contributed by atoms with van der Waals surface area (Å²) in [6, 6.07) is 13.0. The molecule has 2 aromatic carbocycles. The Morgan fingerprint density at radius 1 is 1.13 bits per heavy atom. The monoisotopic (exact) mass is 470 g/mol. The fraction of sp³-hybridized carbons (Fsp3) is 0.333. The van der Waals surface area contributed by atoms with E-state index < -0.39 is 0 Å². The highest BCUT2D eigenvalue weighted by Gasteiger charge is 2.42. The molecule has 0 spiro atoms. The van der Waals surface area contributed by atoms with Crippen LogP contribution in [0.5, 0.6) is 5.75 Å². The Balaban J connectivity index is 1.41. The topological polar surface area (TPSA) is 61.8 Å². The molecular weight excluding hydrogens is 448 g/mol. The lowest BCUT2D eigenvalue weighted by Gasteiger charge is -2.36. The van der Waals surface area contributed by atoms with Crippen LogP contribution in [0.3, 0.4) is 0 Å². The van der Waals surface area contributed by atoms with E-state index in [0.29, 0.717) is 35.0 Å². The van der Waals surface area contributed by atoms with Gasteiger partial charge >= 0.3 is 5.97 Å². The van der Waals surface area contributed by atoms with Crippen molar-refractivity contribution >= 4 is 27.7 Å². The predicted molar refractivity (Wildman–Crippen MR) is 115 cm³/mol. The highest BCUT2D eigenvalue weighted by molar-refractivity contribution is 9.10. The number of esters is 1. The van der Waals surface area contributed by atoms with Gasteiger partial charge in [0.1, 0.15) is 24.2 Å². The molecule has 3 unspecified atom stereocenters. The van der Waals surface area contributed by atoms with Crippen molar-refractivity contribution in [3.63, 3.8) is 0 Å². The van der Waals surface area contributed by atoms with E-state index in [1.54, 1.807) is 18.2 Å². The van der Waals surface area contributed by atoms with Crippen molar-refractivity contribution in [2.24, 2.45) is 5.92 Å². The molecule has 1 aliphatic heterocycles. The first-order valence-electron chi connectivity index (χ1n) is 10.0. The summed E-state index contributed by atoms with van der Waals surface area (Å²) in [5, 5.41) is 0. The second-order valence-electron chi connectivity index (χ2n) is 7.82. The minimum Gasteiger partial charge on any atom is -0.493 e. The van der Waals surface area contributed by atoms with Crippen LogP contribution in [0.2, 0.25) is 0 Å². The highest BCUT2D eigenvalue weighted by Crippen LogP contribution is 2.36. The lowest BCUT2D eigenvalue weighted by Crippen LogP contribution is -2.43. The van der Waals surface area contributed by atoms with Gasteiger partial charge in [0, 0.05) is 10.9 Å². The molecule has 1 fully saturated rings. The minimum atomic E-state index is -0.373. The number of carbonyl (C=O) groups excluding carboxylic acids is 2. The Hall–Kier alpha value is -2.60. The first-order valence-corrected chi connectivity index (χ1v) is 10.8. The molecule has 0 N–H and O–H groups in total. The van der Waals surface area contributed by atoms with Gasteiger partial charge in [-0.05, 0) is 71.9 Å². The number of ether oxygens (including phenoxy) is 3. The van der Waals surface area contributed by atoms with Gasteiger partial charge in [-0.3, -0.25) is 4.79 Å². The Bertz CT molecular complexity index is 1010. The van der Waals surface area contributed by atoms with Crippen LogP contribution in [0.25, 0.3) is 0 Å². The number of hydrogen-bond donors (Lipinski definition) is 0. The van der Waals surface area contributed by atoms with Gasteiger partial charge in [0.2, 0.25) is 11.5 Å². The molecule has 3 atom stereocenters. The molecule has 30 heavy (non-hydrogen) atoms. The molecule has 0 amide bonds. The largest absolute Gasteiger partial charge is 0.493 e. The van der Waals surface area contributed by atoms with Crippen LogP contribution in [0, 0.1) is 19.8 Å². The van der Waals surface area contributed by atoms with Crippen LogP contribution in [0.15, 0.2) is 59.0 Å². The van der Waals surface area contributed by atoms with Crippen molar-refractivity contribution in [2.45, 2.75) is 45.3 Å². The molecule has 4 rings (SSSR count). The second kappa shape index (κ2) is 8.64. The van der Waals surface area contributed by atoms with Gasteiger partial charge in [-0.15, -0.1) is 0 Å². The third-order valence-corrected chi connectivity index (χ3v) is 6.30. The van der Waals surface area contributed by atoms with E-state index in [9.17, 15) is 9.59 Å². The number of benzene rings is 2. The third-order valence-electron chi connectivity index (χ3n) is 5.60. The molecule has 0 saturated heterocycles. The van der Waals surface area contributed by atoms with Crippen LogP contribution >= 0.6 is 15.9 Å². The molecule has 0 aromatic heterocycles. The molecule has 5 nitrogen and oxygen atoms in total. The molecular formula is C24H23BrO5. The average molecular weight is 471 g/mol. The van der Waals surface area contributed by atoms with E-state index in [1.807, 2.05) is 38.1 Å². The first-order chi connectivity index (χ1) is 14.4. The summed E-state index contributed by atoms with van der Waals surface area (Å²) in [7, 11) is 0. The van der Waals surface area contributed by atoms with E-state index in [-0.39, 0.29) is 35.6 Å². The van der Waals surface area contributed by atoms with Crippen LogP contribution in [0.4, 0.5) is 0 Å². The van der Waals surface area contributed by atoms with E-state index >= 15 is 0 Å². The summed E-state index contributed by atoms with van der Waals surface area (Å²) in [5.41, 5.74) is 2.51. The number of hydrogen-bond acceptors (Lipinski definition) is 5. The van der Waals surface area contributed by atoms with Crippen LogP contribution in [-0.4, -0.2) is 24.0 Å². The van der Waals surface area contributed by atoms with E-state index in [2.05, 4.69) is 15.9 Å². The highest BCUT2D eigenvalue weighted by atomic mass is 79.9. The van der Waals surface area contributed by atoms with Gasteiger partial charge < -0.3 is 14.2 Å². The molecule has 2 aliphatic rings. The van der Waals surface area contributed by atoms with Gasteiger partial charge in [-0.25, -0.2) is 4.79 Å². The van der Waals surface area contributed by atoms with E-state index in [0.717, 1.165) is 11.1 Å². The average Bonchev–Trinajstić information content (AvgIpc) is 2.73. The van der Waals surface area contributed by atoms with Crippen molar-refractivity contribution in [1.29, 1.82) is 0 Å². The fourth-order valence-corrected chi connectivity index (χ4v) is 4.34. The number of fused-ring (bicyclic) bond motifs is 1. The molecule has 0 bridgehead atoms. The maximum absolute atomic E-state index is 13.0. The number of aryl methyl sites for hydroxylation is 2. The summed E-state index contributed by atoms with van der Waals surface area (Å²) in [4.78, 5) is 25.4. The summed E-state index contributed by atoms with van der Waals surface area (Å²) in [6.45, 7) is 3.92. The van der Waals surface area contributed by atoms with Crippen LogP contribution < -0.4 is 4.74 Å². The zero-order valence-corrected chi connectivity index (χ0v) is 18.5. The van der Waals surface area contributed by atoms with E-state index in [4.69, 9.17) is 14.2 Å². The Morgan fingerprint density at radius 2 is 1.93 bits per heavy atom. The van der Waals surface area contributed by atoms with Crippen molar-refractivity contribution in [3.8, 4) is 5.75 Å². The summed E-state index contributed by atoms with van der Waals surface area (Å²) in [5.74, 6) is 0.181. The van der Waals surface area contributed by atoms with Gasteiger partial charge in [-0.1, -0.05) is 24.3 Å². The number of allylic oxidation sites excluding steroid dienone is 1. The normalized spacial score (nSPS) is 23.1. The van der Waals surface area contributed by atoms with Gasteiger partial charge in [0.15, 0.2) is 0 Å². The molecule has 0 radical (unpaired) electrons. The molecule has 1 aliphatic carbocycles. The van der Waals surface area contributed by atoms with Crippen molar-refractivity contribution < 1.29 is 23.8 Å². The Kier molecular flexibility index (Phi) is 5.95. The quantitative estimate of drug-likeness (QED) is 0.568. The van der Waals surface area contributed by atoms with Gasteiger partial charge in [0.25, 0.3) is 0 Å². The Labute approximate surface area is 184 Å². The van der Waals surface area contributed by atoms with Crippen molar-refractivity contribution in [1.82, 2.24) is 0 Å². The maximum Gasteiger partial charge on any atom is 0.339 e. The van der Waals surface area contributed by atoms with Crippen molar-refractivity contribution in [2.75, 3.05) is 0 Å². The smallest absolute Gasteiger partial charge is 0.339 e. The number of Topliss-reactive ketones (excluding diaryl/α,β-unsaturated/α-hetero) is 1. The van der Waals surface area contributed by atoms with E-state index in [1.165, 1.54) is 6.26 Å². The minimum absolute atomic E-state index is 0.0530. The SMILES string of the molecule is Cc1ccc(C)c(OC2=COC3CC(OC(=O)c4ccccc4Br)CCC3C2=O)c1. The predicted octanol–water partition coefficient (Wildman–Crippen LogP) is 5.28. The first kappa shape index (κ1) is 20.7. The standard InChI is InChI=1S/C24H23BrO5/c1-14-7-8-15(2)20(11-14)30-22-13-28-21-12-16(9-10-18(21)23(22)26)29-24(27)17-5-3-4-6-19(17)25/h3-8,11,13,16,18,21H,9-10,12H2,1-2H3. The lowest BCUT2D eigenvalue weighted by atomic mass is 9.80. The van der Waals surface area contributed by atoms with Gasteiger partial charge in [-0.2, -0.15) is 0 Å².